The molecule has 1 N–H and O–H groups in total. The Kier molecular flexibility index (Phi) is 3.91. The molecule has 0 spiro atoms. The third-order valence-electron chi connectivity index (χ3n) is 2.51. The highest BCUT2D eigenvalue weighted by atomic mass is 16.3. The van der Waals surface area contributed by atoms with Crippen molar-refractivity contribution >= 4 is 0 Å². The van der Waals surface area contributed by atoms with Crippen LogP contribution in [0.3, 0.4) is 0 Å². The number of benzene rings is 1. The molecule has 0 aliphatic carbocycles. The summed E-state index contributed by atoms with van der Waals surface area (Å²) in [5, 5.41) is 9.79. The molecule has 0 fully saturated rings. The molecule has 0 unspecified atom stereocenters. The first-order valence-electron chi connectivity index (χ1n) is 6.37. The van der Waals surface area contributed by atoms with Crippen LogP contribution in [0.5, 0.6) is 5.75 Å². The lowest BCUT2D eigenvalue weighted by Gasteiger charge is -2.21. The molecule has 0 atom stereocenters. The van der Waals surface area contributed by atoms with Crippen LogP contribution in [0.15, 0.2) is 18.2 Å². The average Bonchev–Trinajstić information content (AvgIpc) is 1.93. The minimum Gasteiger partial charge on any atom is -0.508 e. The average molecular weight is 234 g/mol. The van der Waals surface area contributed by atoms with E-state index in [1.165, 1.54) is 11.1 Å². The van der Waals surface area contributed by atoms with E-state index in [4.69, 9.17) is 0 Å². The molecule has 1 aromatic carbocycles. The zero-order valence-electron chi connectivity index (χ0n) is 12.1. The quantitative estimate of drug-likeness (QED) is 0.794. The minimum atomic E-state index is 0.257. The van der Waals surface area contributed by atoms with Gasteiger partial charge in [0.2, 0.25) is 0 Å². The summed E-state index contributed by atoms with van der Waals surface area (Å²) in [5.74, 6) is 0.394. The van der Waals surface area contributed by atoms with Crippen LogP contribution >= 0.6 is 0 Å². The molecule has 0 radical (unpaired) electrons. The predicted molar refractivity (Wildman–Crippen MR) is 74.4 cm³/mol. The maximum absolute atomic E-state index is 9.79. The second kappa shape index (κ2) is 4.72. The van der Waals surface area contributed by atoms with Crippen LogP contribution in [0.25, 0.3) is 0 Å². The first kappa shape index (κ1) is 14.1. The summed E-state index contributed by atoms with van der Waals surface area (Å²) in [5.41, 5.74) is 2.98. The predicted octanol–water partition coefficient (Wildman–Crippen LogP) is 4.57. The van der Waals surface area contributed by atoms with Gasteiger partial charge in [0.1, 0.15) is 5.75 Å². The van der Waals surface area contributed by atoms with Crippen molar-refractivity contribution in [3.05, 3.63) is 29.3 Å². The van der Waals surface area contributed by atoms with Gasteiger partial charge in [-0.05, 0) is 46.9 Å². The van der Waals surface area contributed by atoms with E-state index in [1.54, 1.807) is 0 Å². The van der Waals surface area contributed by atoms with Crippen molar-refractivity contribution in [1.29, 1.82) is 0 Å². The van der Waals surface area contributed by atoms with Crippen LogP contribution in [0.2, 0.25) is 0 Å². The standard InChI is InChI=1S/C16H26O/c1-15(2,3)10-12-7-13(9-14(17)8-12)11-16(4,5)6/h7-9,17H,10-11H2,1-6H3. The highest BCUT2D eigenvalue weighted by molar-refractivity contribution is 5.34. The lowest BCUT2D eigenvalue weighted by atomic mass is 9.84. The van der Waals surface area contributed by atoms with Crippen LogP contribution in [0, 0.1) is 10.8 Å². The number of rotatable bonds is 2. The van der Waals surface area contributed by atoms with Crippen molar-refractivity contribution in [2.45, 2.75) is 54.4 Å². The number of phenolic OH excluding ortho intramolecular Hbond substituents is 1. The van der Waals surface area contributed by atoms with Crippen molar-refractivity contribution in [1.82, 2.24) is 0 Å². The summed E-state index contributed by atoms with van der Waals surface area (Å²) >= 11 is 0. The van der Waals surface area contributed by atoms with Gasteiger partial charge in [-0.3, -0.25) is 0 Å². The molecule has 0 saturated heterocycles. The molecule has 17 heavy (non-hydrogen) atoms. The summed E-state index contributed by atoms with van der Waals surface area (Å²) in [6.07, 6.45) is 2.00. The first-order valence-corrected chi connectivity index (χ1v) is 6.37. The number of aromatic hydroxyl groups is 1. The molecule has 0 aliphatic rings. The topological polar surface area (TPSA) is 20.2 Å². The van der Waals surface area contributed by atoms with Gasteiger partial charge >= 0.3 is 0 Å². The molecule has 0 saturated carbocycles. The molecule has 0 bridgehead atoms. The Morgan fingerprint density at radius 3 is 1.41 bits per heavy atom. The fourth-order valence-corrected chi connectivity index (χ4v) is 2.17. The van der Waals surface area contributed by atoms with Crippen LogP contribution < -0.4 is 0 Å². The molecule has 0 amide bonds. The molecule has 1 aromatic rings. The molecule has 1 rings (SSSR count). The monoisotopic (exact) mass is 234 g/mol. The number of phenols is 1. The Bertz CT molecular complexity index is 343. The van der Waals surface area contributed by atoms with E-state index < -0.39 is 0 Å². The van der Waals surface area contributed by atoms with E-state index in [9.17, 15) is 5.11 Å². The molecular formula is C16H26O. The third kappa shape index (κ3) is 5.76. The zero-order chi connectivity index (χ0) is 13.3. The third-order valence-corrected chi connectivity index (χ3v) is 2.51. The fourth-order valence-electron chi connectivity index (χ4n) is 2.17. The smallest absolute Gasteiger partial charge is 0.116 e. The normalized spacial score (nSPS) is 12.8. The van der Waals surface area contributed by atoms with Crippen molar-refractivity contribution in [2.75, 3.05) is 0 Å². The molecular weight excluding hydrogens is 208 g/mol. The molecule has 0 heterocycles. The van der Waals surface area contributed by atoms with E-state index >= 15 is 0 Å². The molecule has 0 aliphatic heterocycles. The highest BCUT2D eigenvalue weighted by Crippen LogP contribution is 2.27. The van der Waals surface area contributed by atoms with Gasteiger partial charge in [-0.25, -0.2) is 0 Å². The van der Waals surface area contributed by atoms with Gasteiger partial charge in [0.05, 0.1) is 0 Å². The molecule has 1 heteroatoms. The van der Waals surface area contributed by atoms with E-state index in [1.807, 2.05) is 12.1 Å². The second-order valence-corrected chi connectivity index (χ2v) is 7.48. The van der Waals surface area contributed by atoms with Gasteiger partial charge in [-0.15, -0.1) is 0 Å². The first-order chi connectivity index (χ1) is 7.55. The largest absolute Gasteiger partial charge is 0.508 e. The summed E-state index contributed by atoms with van der Waals surface area (Å²) in [6.45, 7) is 13.3. The number of hydrogen-bond acceptors (Lipinski definition) is 1. The zero-order valence-corrected chi connectivity index (χ0v) is 12.1. The van der Waals surface area contributed by atoms with Crippen LogP contribution in [0.1, 0.15) is 52.7 Å². The summed E-state index contributed by atoms with van der Waals surface area (Å²) < 4.78 is 0. The van der Waals surface area contributed by atoms with E-state index in [2.05, 4.69) is 47.6 Å². The van der Waals surface area contributed by atoms with Crippen molar-refractivity contribution in [3.63, 3.8) is 0 Å². The van der Waals surface area contributed by atoms with Gasteiger partial charge in [0.25, 0.3) is 0 Å². The van der Waals surface area contributed by atoms with Crippen molar-refractivity contribution in [3.8, 4) is 5.75 Å². The van der Waals surface area contributed by atoms with E-state index in [-0.39, 0.29) is 10.8 Å². The highest BCUT2D eigenvalue weighted by Gasteiger charge is 2.15. The van der Waals surface area contributed by atoms with Gasteiger partial charge in [0.15, 0.2) is 0 Å². The van der Waals surface area contributed by atoms with Gasteiger partial charge in [-0.1, -0.05) is 47.6 Å². The maximum atomic E-state index is 9.79. The van der Waals surface area contributed by atoms with Gasteiger partial charge in [0, 0.05) is 0 Å². The van der Waals surface area contributed by atoms with Crippen LogP contribution in [-0.4, -0.2) is 5.11 Å². The second-order valence-electron chi connectivity index (χ2n) is 7.48. The summed E-state index contributed by atoms with van der Waals surface area (Å²) in [7, 11) is 0. The van der Waals surface area contributed by atoms with Gasteiger partial charge in [-0.2, -0.15) is 0 Å². The van der Waals surface area contributed by atoms with Gasteiger partial charge < -0.3 is 5.11 Å². The Labute approximate surface area is 106 Å². The fraction of sp³-hybridized carbons (Fsp3) is 0.625. The summed E-state index contributed by atoms with van der Waals surface area (Å²) in [4.78, 5) is 0. The number of hydrogen-bond donors (Lipinski definition) is 1. The Morgan fingerprint density at radius 1 is 0.765 bits per heavy atom. The van der Waals surface area contributed by atoms with E-state index in [0.717, 1.165) is 12.8 Å². The maximum Gasteiger partial charge on any atom is 0.116 e. The Morgan fingerprint density at radius 2 is 1.12 bits per heavy atom. The molecule has 96 valence electrons. The van der Waals surface area contributed by atoms with Crippen molar-refractivity contribution < 1.29 is 5.11 Å². The summed E-state index contributed by atoms with van der Waals surface area (Å²) in [6, 6.07) is 6.00. The molecule has 0 aromatic heterocycles. The lowest BCUT2D eigenvalue weighted by molar-refractivity contribution is 0.402. The van der Waals surface area contributed by atoms with Crippen molar-refractivity contribution in [2.24, 2.45) is 10.8 Å². The Balaban J connectivity index is 2.95. The van der Waals surface area contributed by atoms with Crippen LogP contribution in [0.4, 0.5) is 0 Å². The lowest BCUT2D eigenvalue weighted by Crippen LogP contribution is -2.11. The van der Waals surface area contributed by atoms with Crippen LogP contribution in [-0.2, 0) is 12.8 Å². The SMILES string of the molecule is CC(C)(C)Cc1cc(O)cc(CC(C)(C)C)c1. The molecule has 1 nitrogen and oxygen atoms in total. The van der Waals surface area contributed by atoms with E-state index in [0.29, 0.717) is 5.75 Å². The minimum absolute atomic E-state index is 0.257. The Hall–Kier alpha value is -0.980.